The summed E-state index contributed by atoms with van der Waals surface area (Å²) >= 11 is 0. The van der Waals surface area contributed by atoms with E-state index in [4.69, 9.17) is 5.26 Å². The van der Waals surface area contributed by atoms with E-state index in [9.17, 15) is 9.90 Å². The lowest BCUT2D eigenvalue weighted by molar-refractivity contribution is -0.145. The zero-order chi connectivity index (χ0) is 12.4. The van der Waals surface area contributed by atoms with Crippen LogP contribution in [0.2, 0.25) is 0 Å². The van der Waals surface area contributed by atoms with Gasteiger partial charge in [0.1, 0.15) is 5.41 Å². The molecule has 16 heavy (non-hydrogen) atoms. The Kier molecular flexibility index (Phi) is 3.59. The molecule has 0 aromatic rings. The molecule has 4 nitrogen and oxygen atoms in total. The molecule has 0 atom stereocenters. The number of aliphatic hydroxyl groups is 1. The molecular formula is C12H20N2O2. The van der Waals surface area contributed by atoms with Gasteiger partial charge in [0.15, 0.2) is 0 Å². The van der Waals surface area contributed by atoms with Gasteiger partial charge in [-0.05, 0) is 40.0 Å². The average Bonchev–Trinajstić information content (AvgIpc) is 2.11. The van der Waals surface area contributed by atoms with E-state index < -0.39 is 11.0 Å². The molecule has 0 unspecified atom stereocenters. The molecule has 90 valence electrons. The van der Waals surface area contributed by atoms with Gasteiger partial charge in [-0.3, -0.25) is 4.79 Å². The monoisotopic (exact) mass is 224 g/mol. The van der Waals surface area contributed by atoms with E-state index in [1.165, 1.54) is 0 Å². The van der Waals surface area contributed by atoms with Crippen molar-refractivity contribution in [3.63, 3.8) is 0 Å². The van der Waals surface area contributed by atoms with Crippen LogP contribution in [0.1, 0.15) is 40.0 Å². The Bertz CT molecular complexity index is 308. The lowest BCUT2D eigenvalue weighted by atomic mass is 9.69. The van der Waals surface area contributed by atoms with Crippen LogP contribution in [0.25, 0.3) is 0 Å². The lowest BCUT2D eigenvalue weighted by Crippen LogP contribution is -2.51. The summed E-state index contributed by atoms with van der Waals surface area (Å²) in [5.41, 5.74) is -1.71. The standard InChI is InChI=1S/C12H20N2O2/c1-4-14(9-11(2,3)16)10(15)12(8-13)6-5-7-12/h16H,4-7,9H2,1-3H3. The second kappa shape index (κ2) is 4.42. The van der Waals surface area contributed by atoms with Gasteiger partial charge in [-0.1, -0.05) is 0 Å². The van der Waals surface area contributed by atoms with Gasteiger partial charge in [-0.25, -0.2) is 0 Å². The molecule has 0 spiro atoms. The second-order valence-electron chi connectivity index (χ2n) is 5.18. The molecule has 0 aromatic heterocycles. The fourth-order valence-corrected chi connectivity index (χ4v) is 2.00. The van der Waals surface area contributed by atoms with Gasteiger partial charge in [0, 0.05) is 13.1 Å². The minimum atomic E-state index is -0.911. The minimum absolute atomic E-state index is 0.120. The fraction of sp³-hybridized carbons (Fsp3) is 0.833. The molecule has 1 saturated carbocycles. The van der Waals surface area contributed by atoms with Crippen molar-refractivity contribution in [2.75, 3.05) is 13.1 Å². The number of nitrogens with zero attached hydrogens (tertiary/aromatic N) is 2. The summed E-state index contributed by atoms with van der Waals surface area (Å²) in [4.78, 5) is 13.8. The van der Waals surface area contributed by atoms with E-state index in [1.807, 2.05) is 6.92 Å². The Morgan fingerprint density at radius 2 is 2.12 bits per heavy atom. The van der Waals surface area contributed by atoms with E-state index in [2.05, 4.69) is 6.07 Å². The molecule has 1 fully saturated rings. The summed E-state index contributed by atoms with van der Waals surface area (Å²) in [7, 11) is 0. The van der Waals surface area contributed by atoms with Crippen LogP contribution in [-0.4, -0.2) is 34.6 Å². The minimum Gasteiger partial charge on any atom is -0.389 e. The molecular weight excluding hydrogens is 204 g/mol. The molecule has 0 bridgehead atoms. The highest BCUT2D eigenvalue weighted by Crippen LogP contribution is 2.41. The summed E-state index contributed by atoms with van der Waals surface area (Å²) in [6, 6.07) is 2.14. The molecule has 1 aliphatic rings. The highest BCUT2D eigenvalue weighted by molar-refractivity contribution is 5.86. The molecule has 1 rings (SSSR count). The van der Waals surface area contributed by atoms with Crippen LogP contribution in [0.15, 0.2) is 0 Å². The molecule has 0 aromatic carbocycles. The van der Waals surface area contributed by atoms with E-state index >= 15 is 0 Å². The van der Waals surface area contributed by atoms with E-state index in [1.54, 1.807) is 18.7 Å². The van der Waals surface area contributed by atoms with Gasteiger partial charge < -0.3 is 10.0 Å². The summed E-state index contributed by atoms with van der Waals surface area (Å²) < 4.78 is 0. The van der Waals surface area contributed by atoms with E-state index in [0.29, 0.717) is 19.4 Å². The number of carbonyl (C=O) groups is 1. The third-order valence-electron chi connectivity index (χ3n) is 3.08. The lowest BCUT2D eigenvalue weighted by Gasteiger charge is -2.39. The molecule has 4 heteroatoms. The van der Waals surface area contributed by atoms with Crippen molar-refractivity contribution < 1.29 is 9.90 Å². The first-order valence-corrected chi connectivity index (χ1v) is 5.78. The van der Waals surface area contributed by atoms with Crippen molar-refractivity contribution in [3.8, 4) is 6.07 Å². The summed E-state index contributed by atoms with van der Waals surface area (Å²) in [5.74, 6) is -0.120. The zero-order valence-electron chi connectivity index (χ0n) is 10.3. The van der Waals surface area contributed by atoms with Gasteiger partial charge in [-0.15, -0.1) is 0 Å². The predicted octanol–water partition coefficient (Wildman–Crippen LogP) is 1.30. The highest BCUT2D eigenvalue weighted by atomic mass is 16.3. The van der Waals surface area contributed by atoms with Crippen molar-refractivity contribution in [3.05, 3.63) is 0 Å². The van der Waals surface area contributed by atoms with Crippen molar-refractivity contribution in [1.29, 1.82) is 5.26 Å². The smallest absolute Gasteiger partial charge is 0.243 e. The topological polar surface area (TPSA) is 64.3 Å². The molecule has 1 N–H and O–H groups in total. The number of hydrogen-bond acceptors (Lipinski definition) is 3. The van der Waals surface area contributed by atoms with Gasteiger partial charge in [-0.2, -0.15) is 5.26 Å². The SMILES string of the molecule is CCN(CC(C)(C)O)C(=O)C1(C#N)CCC1. The van der Waals surface area contributed by atoms with Crippen LogP contribution in [0.3, 0.4) is 0 Å². The second-order valence-corrected chi connectivity index (χ2v) is 5.18. The summed E-state index contributed by atoms with van der Waals surface area (Å²) in [5, 5.41) is 18.8. The average molecular weight is 224 g/mol. The largest absolute Gasteiger partial charge is 0.389 e. The van der Waals surface area contributed by atoms with Crippen LogP contribution < -0.4 is 0 Å². The Labute approximate surface area is 96.9 Å². The van der Waals surface area contributed by atoms with Crippen LogP contribution in [0.5, 0.6) is 0 Å². The number of rotatable bonds is 4. The molecule has 0 saturated heterocycles. The molecule has 0 radical (unpaired) electrons. The molecule has 0 heterocycles. The molecule has 0 aliphatic heterocycles. The summed E-state index contributed by atoms with van der Waals surface area (Å²) in [6.07, 6.45) is 2.26. The molecule has 1 amide bonds. The van der Waals surface area contributed by atoms with Crippen LogP contribution in [0.4, 0.5) is 0 Å². The van der Waals surface area contributed by atoms with Crippen LogP contribution in [-0.2, 0) is 4.79 Å². The zero-order valence-corrected chi connectivity index (χ0v) is 10.3. The predicted molar refractivity (Wildman–Crippen MR) is 60.4 cm³/mol. The van der Waals surface area contributed by atoms with Crippen molar-refractivity contribution >= 4 is 5.91 Å². The maximum atomic E-state index is 12.2. The Balaban J connectivity index is 2.74. The first-order chi connectivity index (χ1) is 7.34. The maximum absolute atomic E-state index is 12.2. The van der Waals surface area contributed by atoms with Crippen LogP contribution >= 0.6 is 0 Å². The van der Waals surface area contributed by atoms with Gasteiger partial charge in [0.25, 0.3) is 0 Å². The maximum Gasteiger partial charge on any atom is 0.243 e. The van der Waals surface area contributed by atoms with Crippen molar-refractivity contribution in [2.45, 2.75) is 45.6 Å². The Morgan fingerprint density at radius 1 is 1.56 bits per heavy atom. The number of amides is 1. The van der Waals surface area contributed by atoms with Crippen molar-refractivity contribution in [1.82, 2.24) is 4.90 Å². The Hall–Kier alpha value is -1.08. The van der Waals surface area contributed by atoms with Gasteiger partial charge in [0.2, 0.25) is 5.91 Å². The Morgan fingerprint density at radius 3 is 2.38 bits per heavy atom. The fourth-order valence-electron chi connectivity index (χ4n) is 2.00. The first-order valence-electron chi connectivity index (χ1n) is 5.78. The third kappa shape index (κ3) is 2.53. The quantitative estimate of drug-likeness (QED) is 0.782. The van der Waals surface area contributed by atoms with E-state index in [0.717, 1.165) is 6.42 Å². The van der Waals surface area contributed by atoms with Gasteiger partial charge >= 0.3 is 0 Å². The van der Waals surface area contributed by atoms with Gasteiger partial charge in [0.05, 0.1) is 11.7 Å². The van der Waals surface area contributed by atoms with Crippen molar-refractivity contribution in [2.24, 2.45) is 5.41 Å². The van der Waals surface area contributed by atoms with E-state index in [-0.39, 0.29) is 12.5 Å². The third-order valence-corrected chi connectivity index (χ3v) is 3.08. The summed E-state index contributed by atoms with van der Waals surface area (Å²) in [6.45, 7) is 6.02. The normalized spacial score (nSPS) is 18.4. The number of likely N-dealkylation sites (N-methyl/N-ethyl adjacent to an activating group) is 1. The number of hydrogen-bond donors (Lipinski definition) is 1. The highest BCUT2D eigenvalue weighted by Gasteiger charge is 2.47. The first kappa shape index (κ1) is 13.0. The molecule has 1 aliphatic carbocycles. The number of nitriles is 1. The number of carbonyl (C=O) groups excluding carboxylic acids is 1. The van der Waals surface area contributed by atoms with Crippen LogP contribution in [0, 0.1) is 16.7 Å².